The lowest BCUT2D eigenvalue weighted by Gasteiger charge is -2.07. The third kappa shape index (κ3) is 2.92. The molecule has 1 unspecified atom stereocenters. The second-order valence-electron chi connectivity index (χ2n) is 3.15. The van der Waals surface area contributed by atoms with Crippen LogP contribution in [-0.4, -0.2) is 19.0 Å². The number of methoxy groups -OCH3 is 1. The van der Waals surface area contributed by atoms with Crippen LogP contribution in [0.25, 0.3) is 0 Å². The van der Waals surface area contributed by atoms with Crippen molar-refractivity contribution >= 4 is 5.78 Å². The summed E-state index contributed by atoms with van der Waals surface area (Å²) in [6, 6.07) is 5.91. The van der Waals surface area contributed by atoms with E-state index in [9.17, 15) is 9.18 Å². The Labute approximate surface area is 82.7 Å². The van der Waals surface area contributed by atoms with E-state index in [0.717, 1.165) is 5.56 Å². The normalized spacial score (nSPS) is 12.5. The van der Waals surface area contributed by atoms with Gasteiger partial charge < -0.3 is 4.74 Å². The average molecular weight is 196 g/mol. The van der Waals surface area contributed by atoms with Crippen LogP contribution in [-0.2, 0) is 16.0 Å². The van der Waals surface area contributed by atoms with Gasteiger partial charge in [0.2, 0.25) is 0 Å². The van der Waals surface area contributed by atoms with Gasteiger partial charge in [0, 0.05) is 13.5 Å². The summed E-state index contributed by atoms with van der Waals surface area (Å²) in [7, 11) is 1.49. The maximum absolute atomic E-state index is 12.5. The van der Waals surface area contributed by atoms with E-state index < -0.39 is 6.10 Å². The largest absolute Gasteiger partial charge is 0.374 e. The Hall–Kier alpha value is -1.22. The topological polar surface area (TPSA) is 26.3 Å². The first-order chi connectivity index (χ1) is 6.63. The zero-order chi connectivity index (χ0) is 10.6. The van der Waals surface area contributed by atoms with Gasteiger partial charge in [0.05, 0.1) is 0 Å². The number of carbonyl (C=O) groups excluding carboxylic acids is 1. The summed E-state index contributed by atoms with van der Waals surface area (Å²) in [6.45, 7) is 1.70. The smallest absolute Gasteiger partial charge is 0.165 e. The molecular formula is C11H13FO2. The van der Waals surface area contributed by atoms with Crippen molar-refractivity contribution in [3.63, 3.8) is 0 Å². The van der Waals surface area contributed by atoms with Crippen LogP contribution in [0.15, 0.2) is 24.3 Å². The Kier molecular flexibility index (Phi) is 3.77. The fraction of sp³-hybridized carbons (Fsp3) is 0.364. The Bertz CT molecular complexity index is 306. The summed E-state index contributed by atoms with van der Waals surface area (Å²) in [5.41, 5.74) is 0.806. The molecule has 0 bridgehead atoms. The van der Waals surface area contributed by atoms with Gasteiger partial charge in [0.15, 0.2) is 5.78 Å². The molecule has 0 radical (unpaired) electrons. The standard InChI is InChI=1S/C11H13FO2/c1-8(14-2)11(13)7-9-3-5-10(12)6-4-9/h3-6,8H,7H2,1-2H3. The second-order valence-corrected chi connectivity index (χ2v) is 3.15. The highest BCUT2D eigenvalue weighted by Gasteiger charge is 2.11. The number of ether oxygens (including phenoxy) is 1. The van der Waals surface area contributed by atoms with Gasteiger partial charge in [0.1, 0.15) is 11.9 Å². The van der Waals surface area contributed by atoms with Crippen molar-refractivity contribution in [1.82, 2.24) is 0 Å². The first kappa shape index (κ1) is 10.9. The summed E-state index contributed by atoms with van der Waals surface area (Å²) in [6.07, 6.45) is -0.116. The lowest BCUT2D eigenvalue weighted by molar-refractivity contribution is -0.127. The summed E-state index contributed by atoms with van der Waals surface area (Å²) < 4.78 is 17.4. The highest BCUT2D eigenvalue weighted by Crippen LogP contribution is 2.05. The van der Waals surface area contributed by atoms with E-state index in [1.54, 1.807) is 19.1 Å². The number of ketones is 1. The molecule has 0 aliphatic rings. The predicted octanol–water partition coefficient (Wildman–Crippen LogP) is 1.97. The molecule has 3 heteroatoms. The molecule has 0 fully saturated rings. The van der Waals surface area contributed by atoms with Crippen molar-refractivity contribution in [2.45, 2.75) is 19.4 Å². The zero-order valence-electron chi connectivity index (χ0n) is 8.29. The van der Waals surface area contributed by atoms with Gasteiger partial charge in [-0.1, -0.05) is 12.1 Å². The molecule has 0 aliphatic heterocycles. The average Bonchev–Trinajstić information content (AvgIpc) is 2.20. The van der Waals surface area contributed by atoms with Gasteiger partial charge in [-0.25, -0.2) is 4.39 Å². The molecular weight excluding hydrogens is 183 g/mol. The minimum atomic E-state index is -0.403. The molecule has 76 valence electrons. The third-order valence-corrected chi connectivity index (χ3v) is 2.10. The van der Waals surface area contributed by atoms with Crippen molar-refractivity contribution in [3.05, 3.63) is 35.6 Å². The first-order valence-corrected chi connectivity index (χ1v) is 4.43. The molecule has 0 spiro atoms. The quantitative estimate of drug-likeness (QED) is 0.736. The molecule has 0 N–H and O–H groups in total. The van der Waals surface area contributed by atoms with Gasteiger partial charge >= 0.3 is 0 Å². The summed E-state index contributed by atoms with van der Waals surface area (Å²) in [4.78, 5) is 11.4. The van der Waals surface area contributed by atoms with E-state index in [1.807, 2.05) is 0 Å². The predicted molar refractivity (Wildman–Crippen MR) is 51.6 cm³/mol. The number of halogens is 1. The Balaban J connectivity index is 2.60. The molecule has 1 atom stereocenters. The molecule has 0 amide bonds. The van der Waals surface area contributed by atoms with Crippen LogP contribution < -0.4 is 0 Å². The van der Waals surface area contributed by atoms with Crippen LogP contribution in [0.1, 0.15) is 12.5 Å². The highest BCUT2D eigenvalue weighted by atomic mass is 19.1. The van der Waals surface area contributed by atoms with E-state index in [4.69, 9.17) is 4.74 Å². The fourth-order valence-electron chi connectivity index (χ4n) is 1.08. The van der Waals surface area contributed by atoms with E-state index in [2.05, 4.69) is 0 Å². The molecule has 0 heterocycles. The van der Waals surface area contributed by atoms with E-state index in [-0.39, 0.29) is 18.0 Å². The van der Waals surface area contributed by atoms with Gasteiger partial charge in [-0.05, 0) is 24.6 Å². The number of hydrogen-bond acceptors (Lipinski definition) is 2. The fourth-order valence-corrected chi connectivity index (χ4v) is 1.08. The van der Waals surface area contributed by atoms with Gasteiger partial charge in [0.25, 0.3) is 0 Å². The van der Waals surface area contributed by atoms with Crippen LogP contribution in [0, 0.1) is 5.82 Å². The van der Waals surface area contributed by atoms with Crippen LogP contribution in [0.4, 0.5) is 4.39 Å². The minimum Gasteiger partial charge on any atom is -0.374 e. The van der Waals surface area contributed by atoms with Crippen LogP contribution in [0.5, 0.6) is 0 Å². The Morgan fingerprint density at radius 2 is 2.00 bits per heavy atom. The van der Waals surface area contributed by atoms with E-state index in [1.165, 1.54) is 19.2 Å². The summed E-state index contributed by atoms with van der Waals surface area (Å²) >= 11 is 0. The van der Waals surface area contributed by atoms with Crippen LogP contribution in [0.3, 0.4) is 0 Å². The lowest BCUT2D eigenvalue weighted by Crippen LogP contribution is -2.20. The lowest BCUT2D eigenvalue weighted by atomic mass is 10.1. The number of rotatable bonds is 4. The van der Waals surface area contributed by atoms with Crippen LogP contribution in [0.2, 0.25) is 0 Å². The Morgan fingerprint density at radius 1 is 1.43 bits per heavy atom. The van der Waals surface area contributed by atoms with Gasteiger partial charge in [-0.2, -0.15) is 0 Å². The SMILES string of the molecule is COC(C)C(=O)Cc1ccc(F)cc1. The van der Waals surface area contributed by atoms with Crippen molar-refractivity contribution in [2.75, 3.05) is 7.11 Å². The number of carbonyl (C=O) groups is 1. The monoisotopic (exact) mass is 196 g/mol. The highest BCUT2D eigenvalue weighted by molar-refractivity contribution is 5.84. The molecule has 1 rings (SSSR count). The zero-order valence-corrected chi connectivity index (χ0v) is 8.29. The number of Topliss-reactive ketones (excluding diaryl/α,β-unsaturated/α-hetero) is 1. The van der Waals surface area contributed by atoms with Gasteiger partial charge in [-0.15, -0.1) is 0 Å². The minimum absolute atomic E-state index is 0.000826. The third-order valence-electron chi connectivity index (χ3n) is 2.10. The first-order valence-electron chi connectivity index (χ1n) is 4.43. The number of hydrogen-bond donors (Lipinski definition) is 0. The van der Waals surface area contributed by atoms with Crippen molar-refractivity contribution in [1.29, 1.82) is 0 Å². The molecule has 14 heavy (non-hydrogen) atoms. The van der Waals surface area contributed by atoms with Crippen molar-refractivity contribution in [2.24, 2.45) is 0 Å². The molecule has 1 aromatic rings. The second kappa shape index (κ2) is 4.86. The molecule has 0 saturated heterocycles. The Morgan fingerprint density at radius 3 is 2.50 bits per heavy atom. The summed E-state index contributed by atoms with van der Waals surface area (Å²) in [5.74, 6) is -0.292. The molecule has 0 aliphatic carbocycles. The van der Waals surface area contributed by atoms with Crippen molar-refractivity contribution < 1.29 is 13.9 Å². The maximum atomic E-state index is 12.5. The van der Waals surface area contributed by atoms with E-state index >= 15 is 0 Å². The van der Waals surface area contributed by atoms with Crippen LogP contribution >= 0.6 is 0 Å². The maximum Gasteiger partial charge on any atom is 0.165 e. The number of benzene rings is 1. The van der Waals surface area contributed by atoms with Crippen molar-refractivity contribution in [3.8, 4) is 0 Å². The molecule has 0 aromatic heterocycles. The van der Waals surface area contributed by atoms with Gasteiger partial charge in [-0.3, -0.25) is 4.79 Å². The van der Waals surface area contributed by atoms with E-state index in [0.29, 0.717) is 0 Å². The molecule has 1 aromatic carbocycles. The molecule has 2 nitrogen and oxygen atoms in total. The summed E-state index contributed by atoms with van der Waals surface area (Å²) in [5, 5.41) is 0. The molecule has 0 saturated carbocycles.